The Bertz CT molecular complexity index is 1140. The zero-order valence-corrected chi connectivity index (χ0v) is 16.4. The van der Waals surface area contributed by atoms with Gasteiger partial charge in [0.15, 0.2) is 11.5 Å². The normalized spacial score (nSPS) is 15.2. The maximum atomic E-state index is 6.04. The molecule has 5 rings (SSSR count). The summed E-state index contributed by atoms with van der Waals surface area (Å²) in [4.78, 5) is 11.5. The minimum Gasteiger partial charge on any atom is -0.371 e. The molecule has 0 atom stereocenters. The Morgan fingerprint density at radius 3 is 2.79 bits per heavy atom. The Kier molecular flexibility index (Phi) is 4.40. The summed E-state index contributed by atoms with van der Waals surface area (Å²) >= 11 is 0. The number of fused-ring (bicyclic) bond motifs is 1. The molecule has 3 aromatic heterocycles. The van der Waals surface area contributed by atoms with E-state index >= 15 is 0 Å². The summed E-state index contributed by atoms with van der Waals surface area (Å²) in [7, 11) is 1.91. The van der Waals surface area contributed by atoms with E-state index in [-0.39, 0.29) is 0 Å². The first kappa shape index (κ1) is 17.7. The second-order valence-corrected chi connectivity index (χ2v) is 7.52. The van der Waals surface area contributed by atoms with Crippen molar-refractivity contribution in [2.45, 2.75) is 18.9 Å². The van der Waals surface area contributed by atoms with Crippen molar-refractivity contribution in [3.8, 4) is 11.3 Å². The van der Waals surface area contributed by atoms with Gasteiger partial charge in [0.25, 0.3) is 0 Å². The first-order valence-electron chi connectivity index (χ1n) is 9.86. The van der Waals surface area contributed by atoms with Crippen molar-refractivity contribution < 1.29 is 0 Å². The van der Waals surface area contributed by atoms with Gasteiger partial charge in [0.1, 0.15) is 0 Å². The molecule has 8 heteroatoms. The van der Waals surface area contributed by atoms with Gasteiger partial charge in [-0.25, -0.2) is 9.97 Å². The number of nitrogens with one attached hydrogen (secondary N) is 1. The Morgan fingerprint density at radius 2 is 2.00 bits per heavy atom. The molecule has 0 bridgehead atoms. The third-order valence-corrected chi connectivity index (χ3v) is 5.44. The van der Waals surface area contributed by atoms with E-state index in [2.05, 4.69) is 49.5 Å². The minimum atomic E-state index is 0.323. The fourth-order valence-corrected chi connectivity index (χ4v) is 3.85. The zero-order valence-electron chi connectivity index (χ0n) is 16.4. The van der Waals surface area contributed by atoms with Gasteiger partial charge in [-0.2, -0.15) is 5.10 Å². The lowest BCUT2D eigenvalue weighted by Crippen LogP contribution is -2.39. The summed E-state index contributed by atoms with van der Waals surface area (Å²) in [6.45, 7) is 1.99. The highest BCUT2D eigenvalue weighted by Crippen LogP contribution is 2.27. The van der Waals surface area contributed by atoms with Crippen LogP contribution in [0.4, 0.5) is 17.2 Å². The highest BCUT2D eigenvalue weighted by atomic mass is 15.2. The Hall–Kier alpha value is -3.39. The van der Waals surface area contributed by atoms with Crippen LogP contribution in [0.2, 0.25) is 0 Å². The molecule has 4 heterocycles. The number of nitrogens with zero attached hydrogens (tertiary/aromatic N) is 6. The second-order valence-electron chi connectivity index (χ2n) is 7.52. The first-order chi connectivity index (χ1) is 14.2. The number of anilines is 3. The van der Waals surface area contributed by atoms with E-state index in [1.165, 1.54) is 5.69 Å². The van der Waals surface area contributed by atoms with Crippen molar-refractivity contribution >= 4 is 22.8 Å². The van der Waals surface area contributed by atoms with Gasteiger partial charge < -0.3 is 16.0 Å². The van der Waals surface area contributed by atoms with Gasteiger partial charge in [0, 0.05) is 61.7 Å². The summed E-state index contributed by atoms with van der Waals surface area (Å²) in [6.07, 6.45) is 11.4. The fourth-order valence-electron chi connectivity index (χ4n) is 3.85. The van der Waals surface area contributed by atoms with Gasteiger partial charge in [-0.15, -0.1) is 0 Å². The van der Waals surface area contributed by atoms with Crippen LogP contribution in [0.15, 0.2) is 55.2 Å². The molecule has 0 saturated carbocycles. The number of rotatable bonds is 4. The van der Waals surface area contributed by atoms with Crippen LogP contribution in [0, 0.1) is 0 Å². The standard InChI is InChI=1S/C21H24N8/c1-27-14-15(12-25-27)19-13-24-21-20(23-7-10-29(19)21)26-17-3-2-4-18(11-17)28-8-5-16(22)6-9-28/h2-4,7,10-14,16H,5-6,8-9,22H2,1H3,(H,23,26). The quantitative estimate of drug-likeness (QED) is 0.559. The molecule has 0 spiro atoms. The minimum absolute atomic E-state index is 0.323. The van der Waals surface area contributed by atoms with E-state index in [4.69, 9.17) is 5.73 Å². The van der Waals surface area contributed by atoms with Crippen molar-refractivity contribution in [1.29, 1.82) is 0 Å². The van der Waals surface area contributed by atoms with Gasteiger partial charge in [-0.1, -0.05) is 6.07 Å². The number of imidazole rings is 1. The molecule has 1 aliphatic heterocycles. The molecular weight excluding hydrogens is 364 g/mol. The average Bonchev–Trinajstić information content (AvgIpc) is 3.35. The number of benzene rings is 1. The highest BCUT2D eigenvalue weighted by Gasteiger charge is 2.17. The summed E-state index contributed by atoms with van der Waals surface area (Å²) in [5.74, 6) is 0.723. The zero-order chi connectivity index (χ0) is 19.8. The first-order valence-corrected chi connectivity index (χ1v) is 9.86. The molecule has 1 aromatic carbocycles. The molecule has 0 unspecified atom stereocenters. The molecule has 29 heavy (non-hydrogen) atoms. The Morgan fingerprint density at radius 1 is 1.14 bits per heavy atom. The molecule has 3 N–H and O–H groups in total. The molecule has 8 nitrogen and oxygen atoms in total. The Labute approximate surface area is 169 Å². The maximum absolute atomic E-state index is 6.04. The monoisotopic (exact) mass is 388 g/mol. The molecule has 1 saturated heterocycles. The average molecular weight is 388 g/mol. The molecule has 0 aliphatic carbocycles. The topological polar surface area (TPSA) is 89.3 Å². The lowest BCUT2D eigenvalue weighted by Gasteiger charge is -2.32. The number of nitrogens with two attached hydrogens (primary N) is 1. The van der Waals surface area contributed by atoms with Crippen molar-refractivity contribution in [2.24, 2.45) is 12.8 Å². The molecule has 0 radical (unpaired) electrons. The SMILES string of the molecule is Cn1cc(-c2cnc3c(Nc4cccc(N5CCC(N)CC5)c4)nccn23)cn1. The van der Waals surface area contributed by atoms with Gasteiger partial charge in [0.2, 0.25) is 0 Å². The van der Waals surface area contributed by atoms with Crippen LogP contribution in [0.3, 0.4) is 0 Å². The van der Waals surface area contributed by atoms with Crippen LogP contribution in [0.25, 0.3) is 16.9 Å². The van der Waals surface area contributed by atoms with Gasteiger partial charge in [0.05, 0.1) is 18.1 Å². The largest absolute Gasteiger partial charge is 0.371 e. The van der Waals surface area contributed by atoms with Crippen LogP contribution in [0.5, 0.6) is 0 Å². The summed E-state index contributed by atoms with van der Waals surface area (Å²) in [5, 5.41) is 7.70. The van der Waals surface area contributed by atoms with E-state index in [1.807, 2.05) is 36.2 Å². The number of aryl methyl sites for hydroxylation is 1. The van der Waals surface area contributed by atoms with Crippen LogP contribution >= 0.6 is 0 Å². The summed E-state index contributed by atoms with van der Waals surface area (Å²) < 4.78 is 3.82. The van der Waals surface area contributed by atoms with Crippen molar-refractivity contribution in [3.05, 3.63) is 55.2 Å². The second kappa shape index (κ2) is 7.21. The van der Waals surface area contributed by atoms with Crippen molar-refractivity contribution in [2.75, 3.05) is 23.3 Å². The highest BCUT2D eigenvalue weighted by molar-refractivity contribution is 5.75. The summed E-state index contributed by atoms with van der Waals surface area (Å²) in [6, 6.07) is 8.75. The number of aromatic nitrogens is 5. The molecule has 148 valence electrons. The molecular formula is C21H24N8. The van der Waals surface area contributed by atoms with Crippen molar-refractivity contribution in [1.82, 2.24) is 24.1 Å². The number of hydrogen-bond donors (Lipinski definition) is 2. The molecule has 0 amide bonds. The number of piperidine rings is 1. The third-order valence-electron chi connectivity index (χ3n) is 5.44. The lowest BCUT2D eigenvalue weighted by atomic mass is 10.1. The Balaban J connectivity index is 1.44. The van der Waals surface area contributed by atoms with Gasteiger partial charge in [-0.3, -0.25) is 9.08 Å². The van der Waals surface area contributed by atoms with Gasteiger partial charge in [-0.05, 0) is 31.0 Å². The fraction of sp³-hybridized carbons (Fsp3) is 0.286. The van der Waals surface area contributed by atoms with E-state index in [1.54, 1.807) is 10.9 Å². The number of hydrogen-bond acceptors (Lipinski definition) is 6. The predicted molar refractivity (Wildman–Crippen MR) is 114 cm³/mol. The van der Waals surface area contributed by atoms with Crippen molar-refractivity contribution in [3.63, 3.8) is 0 Å². The molecule has 4 aromatic rings. The van der Waals surface area contributed by atoms with Crippen LogP contribution in [-0.4, -0.2) is 43.3 Å². The van der Waals surface area contributed by atoms with E-state index in [0.717, 1.165) is 54.3 Å². The third kappa shape index (κ3) is 3.42. The van der Waals surface area contributed by atoms with Crippen LogP contribution in [-0.2, 0) is 7.05 Å². The predicted octanol–water partition coefficient (Wildman–Crippen LogP) is 2.80. The lowest BCUT2D eigenvalue weighted by molar-refractivity contribution is 0.501. The van der Waals surface area contributed by atoms with E-state index in [0.29, 0.717) is 6.04 Å². The van der Waals surface area contributed by atoms with Crippen LogP contribution < -0.4 is 16.0 Å². The van der Waals surface area contributed by atoms with E-state index < -0.39 is 0 Å². The smallest absolute Gasteiger partial charge is 0.180 e. The molecule has 1 fully saturated rings. The van der Waals surface area contributed by atoms with Crippen LogP contribution in [0.1, 0.15) is 12.8 Å². The summed E-state index contributed by atoms with van der Waals surface area (Å²) in [5.41, 5.74) is 11.0. The van der Waals surface area contributed by atoms with E-state index in [9.17, 15) is 0 Å². The maximum Gasteiger partial charge on any atom is 0.180 e. The molecule has 1 aliphatic rings. The van der Waals surface area contributed by atoms with Gasteiger partial charge >= 0.3 is 0 Å².